The second-order valence-electron chi connectivity index (χ2n) is 9.41. The van der Waals surface area contributed by atoms with E-state index in [2.05, 4.69) is 31.8 Å². The van der Waals surface area contributed by atoms with Crippen LogP contribution in [0.3, 0.4) is 0 Å². The van der Waals surface area contributed by atoms with E-state index in [1.54, 1.807) is 0 Å². The molecule has 0 aromatic rings. The highest BCUT2D eigenvalue weighted by molar-refractivity contribution is 5.66. The number of aliphatic hydroxyl groups is 2. The van der Waals surface area contributed by atoms with Crippen LogP contribution in [0, 0.1) is 40.9 Å². The molecule has 0 amide bonds. The second-order valence-corrected chi connectivity index (χ2v) is 9.41. The second kappa shape index (κ2) is 9.67. The van der Waals surface area contributed by atoms with Crippen molar-refractivity contribution >= 4 is 5.97 Å². The van der Waals surface area contributed by atoms with Crippen molar-refractivity contribution in [3.63, 3.8) is 0 Å². The molecule has 4 nitrogen and oxygen atoms in total. The van der Waals surface area contributed by atoms with Crippen molar-refractivity contribution in [1.29, 1.82) is 0 Å². The van der Waals surface area contributed by atoms with Crippen LogP contribution in [0.25, 0.3) is 0 Å². The third kappa shape index (κ3) is 4.42. The first-order valence-corrected chi connectivity index (χ1v) is 11.7. The normalized spacial score (nSPS) is 37.2. The molecular weight excluding hydrogens is 364 g/mol. The fraction of sp³-hybridized carbons (Fsp3) is 0.800. The standard InChI is InChI=1S/C25H38O4/c1-3-18-20(11-8-12-23(28)29)25(4-2)16-15-22(27)19(24(18)25)13-14-21(26)17-9-6-5-7-10-17/h11,17-19,21-22,24,26-27H,3-10,12,15-16H2,1-2H3,(H,28,29)/t18?,19-,21?,22+,24+,25+/m1/s1. The van der Waals surface area contributed by atoms with Gasteiger partial charge in [0.1, 0.15) is 6.10 Å². The summed E-state index contributed by atoms with van der Waals surface area (Å²) in [6.07, 6.45) is 11.3. The summed E-state index contributed by atoms with van der Waals surface area (Å²) >= 11 is 0. The highest BCUT2D eigenvalue weighted by Crippen LogP contribution is 2.66. The van der Waals surface area contributed by atoms with Crippen molar-refractivity contribution in [3.05, 3.63) is 11.6 Å². The molecular formula is C25H38O4. The van der Waals surface area contributed by atoms with E-state index in [1.807, 2.05) is 0 Å². The number of carboxylic acid groups (broad SMARTS) is 1. The zero-order chi connectivity index (χ0) is 21.0. The van der Waals surface area contributed by atoms with Crippen LogP contribution >= 0.6 is 0 Å². The molecule has 6 atom stereocenters. The van der Waals surface area contributed by atoms with E-state index in [4.69, 9.17) is 5.11 Å². The van der Waals surface area contributed by atoms with Gasteiger partial charge in [-0.1, -0.05) is 56.6 Å². The van der Waals surface area contributed by atoms with Gasteiger partial charge in [0, 0.05) is 6.42 Å². The fourth-order valence-electron chi connectivity index (χ4n) is 6.50. The maximum atomic E-state index is 10.9. The minimum Gasteiger partial charge on any atom is -0.481 e. The molecule has 3 aliphatic carbocycles. The van der Waals surface area contributed by atoms with Crippen LogP contribution in [-0.4, -0.2) is 33.5 Å². The van der Waals surface area contributed by atoms with Crippen molar-refractivity contribution in [2.45, 2.75) is 96.7 Å². The highest BCUT2D eigenvalue weighted by Gasteiger charge is 2.61. The third-order valence-corrected chi connectivity index (χ3v) is 8.02. The Bertz CT molecular complexity index is 666. The predicted octanol–water partition coefficient (Wildman–Crippen LogP) is 4.55. The lowest BCUT2D eigenvalue weighted by molar-refractivity contribution is -0.136. The maximum Gasteiger partial charge on any atom is 0.303 e. The molecule has 3 rings (SSSR count). The number of allylic oxidation sites excluding steroid dienone is 2. The Morgan fingerprint density at radius 3 is 2.59 bits per heavy atom. The first kappa shape index (κ1) is 22.4. The average molecular weight is 403 g/mol. The van der Waals surface area contributed by atoms with E-state index in [0.29, 0.717) is 18.3 Å². The van der Waals surface area contributed by atoms with Gasteiger partial charge in [0.25, 0.3) is 0 Å². The van der Waals surface area contributed by atoms with Crippen molar-refractivity contribution in [1.82, 2.24) is 0 Å². The first-order valence-electron chi connectivity index (χ1n) is 11.7. The van der Waals surface area contributed by atoms with Crippen LogP contribution in [-0.2, 0) is 4.79 Å². The molecule has 0 heterocycles. The molecule has 4 heteroatoms. The molecule has 0 spiro atoms. The quantitative estimate of drug-likeness (QED) is 0.450. The van der Waals surface area contributed by atoms with E-state index in [0.717, 1.165) is 38.5 Å². The van der Waals surface area contributed by atoms with Gasteiger partial charge in [-0.2, -0.15) is 0 Å². The lowest BCUT2D eigenvalue weighted by Crippen LogP contribution is -2.58. The van der Waals surface area contributed by atoms with Crippen LogP contribution in [0.15, 0.2) is 11.6 Å². The molecule has 3 aliphatic rings. The molecule has 0 bridgehead atoms. The Morgan fingerprint density at radius 2 is 1.97 bits per heavy atom. The largest absolute Gasteiger partial charge is 0.481 e. The minimum atomic E-state index is -0.754. The summed E-state index contributed by atoms with van der Waals surface area (Å²) in [6, 6.07) is 0. The Kier molecular flexibility index (Phi) is 7.46. The Morgan fingerprint density at radius 1 is 1.24 bits per heavy atom. The molecule has 2 unspecified atom stereocenters. The van der Waals surface area contributed by atoms with Gasteiger partial charge in [0.2, 0.25) is 0 Å². The average Bonchev–Trinajstić information content (AvgIpc) is 2.72. The SMILES string of the molecule is CCC1C(=CCCC(=O)O)[C@]2(CC)CC[C@H](O)[C@@H](C#CC(O)C3CCCCC3)[C@H]12. The molecule has 0 saturated heterocycles. The van der Waals surface area contributed by atoms with Crippen LogP contribution in [0.5, 0.6) is 0 Å². The number of carbonyl (C=O) groups is 1. The Labute approximate surface area is 175 Å². The van der Waals surface area contributed by atoms with Crippen LogP contribution in [0.1, 0.15) is 84.5 Å². The molecule has 3 saturated carbocycles. The molecule has 162 valence electrons. The lowest BCUT2D eigenvalue weighted by atomic mass is 9.41. The number of rotatable bonds is 6. The minimum absolute atomic E-state index is 0.0492. The summed E-state index contributed by atoms with van der Waals surface area (Å²) in [5.74, 6) is 6.60. The summed E-state index contributed by atoms with van der Waals surface area (Å²) in [6.45, 7) is 4.39. The van der Waals surface area contributed by atoms with Crippen molar-refractivity contribution in [2.75, 3.05) is 0 Å². The van der Waals surface area contributed by atoms with Crippen LogP contribution < -0.4 is 0 Å². The van der Waals surface area contributed by atoms with Crippen LogP contribution in [0.4, 0.5) is 0 Å². The fourth-order valence-corrected chi connectivity index (χ4v) is 6.50. The molecule has 29 heavy (non-hydrogen) atoms. The molecule has 0 aromatic carbocycles. The summed E-state index contributed by atoms with van der Waals surface area (Å²) in [5, 5.41) is 30.4. The molecule has 0 aromatic heterocycles. The van der Waals surface area contributed by atoms with Gasteiger partial charge in [0.05, 0.1) is 12.0 Å². The number of aliphatic carboxylic acids is 1. The highest BCUT2D eigenvalue weighted by atomic mass is 16.4. The molecule has 0 aliphatic heterocycles. The summed E-state index contributed by atoms with van der Waals surface area (Å²) in [7, 11) is 0. The maximum absolute atomic E-state index is 10.9. The smallest absolute Gasteiger partial charge is 0.303 e. The zero-order valence-corrected chi connectivity index (χ0v) is 18.1. The number of hydrogen-bond donors (Lipinski definition) is 3. The van der Waals surface area contributed by atoms with Crippen molar-refractivity contribution < 1.29 is 20.1 Å². The van der Waals surface area contributed by atoms with E-state index in [1.165, 1.54) is 24.8 Å². The monoisotopic (exact) mass is 402 g/mol. The van der Waals surface area contributed by atoms with Gasteiger partial charge in [-0.3, -0.25) is 4.79 Å². The first-order chi connectivity index (χ1) is 13.9. The van der Waals surface area contributed by atoms with Crippen molar-refractivity contribution in [3.8, 4) is 11.8 Å². The van der Waals surface area contributed by atoms with Gasteiger partial charge in [-0.15, -0.1) is 0 Å². The third-order valence-electron chi connectivity index (χ3n) is 8.02. The topological polar surface area (TPSA) is 77.8 Å². The number of fused-ring (bicyclic) bond motifs is 1. The summed E-state index contributed by atoms with van der Waals surface area (Å²) < 4.78 is 0. The lowest BCUT2D eigenvalue weighted by Gasteiger charge is -2.63. The van der Waals surface area contributed by atoms with E-state index in [9.17, 15) is 15.0 Å². The number of hydrogen-bond acceptors (Lipinski definition) is 3. The zero-order valence-electron chi connectivity index (χ0n) is 18.1. The predicted molar refractivity (Wildman–Crippen MR) is 114 cm³/mol. The summed E-state index contributed by atoms with van der Waals surface area (Å²) in [5.41, 5.74) is 1.45. The van der Waals surface area contributed by atoms with E-state index in [-0.39, 0.29) is 23.7 Å². The van der Waals surface area contributed by atoms with E-state index < -0.39 is 18.2 Å². The molecule has 0 radical (unpaired) electrons. The van der Waals surface area contributed by atoms with Gasteiger partial charge < -0.3 is 15.3 Å². The van der Waals surface area contributed by atoms with Crippen LogP contribution in [0.2, 0.25) is 0 Å². The van der Waals surface area contributed by atoms with E-state index >= 15 is 0 Å². The Balaban J connectivity index is 1.80. The number of carboxylic acids is 1. The van der Waals surface area contributed by atoms with Gasteiger partial charge in [-0.25, -0.2) is 0 Å². The van der Waals surface area contributed by atoms with Gasteiger partial charge in [-0.05, 0) is 68.1 Å². The molecule has 3 fully saturated rings. The van der Waals surface area contributed by atoms with Gasteiger partial charge >= 0.3 is 5.97 Å². The summed E-state index contributed by atoms with van der Waals surface area (Å²) in [4.78, 5) is 10.9. The van der Waals surface area contributed by atoms with Crippen molar-refractivity contribution in [2.24, 2.45) is 29.1 Å². The van der Waals surface area contributed by atoms with Gasteiger partial charge in [0.15, 0.2) is 0 Å². The Hall–Kier alpha value is -1.31. The number of aliphatic hydroxyl groups excluding tert-OH is 2. The molecule has 3 N–H and O–H groups in total.